The summed E-state index contributed by atoms with van der Waals surface area (Å²) in [5, 5.41) is 10.7. The Kier molecular flexibility index (Phi) is 13.1. The molecule has 9 nitrogen and oxygen atoms in total. The quantitative estimate of drug-likeness (QED) is 0.169. The topological polar surface area (TPSA) is 101 Å². The Labute approximate surface area is 295 Å². The number of carboxylic acids is 1. The van der Waals surface area contributed by atoms with Gasteiger partial charge in [-0.2, -0.15) is 13.2 Å². The van der Waals surface area contributed by atoms with Crippen LogP contribution in [0, 0.1) is 0 Å². The molecule has 270 valence electrons. The molecule has 0 bridgehead atoms. The van der Waals surface area contributed by atoms with E-state index in [-0.39, 0.29) is 25.3 Å². The molecule has 1 saturated heterocycles. The van der Waals surface area contributed by atoms with Crippen molar-refractivity contribution in [3.05, 3.63) is 119 Å². The highest BCUT2D eigenvalue weighted by Crippen LogP contribution is 2.33. The fourth-order valence-electron chi connectivity index (χ4n) is 6.23. The number of carbonyl (C=O) groups is 2. The molecule has 0 atom stereocenters. The summed E-state index contributed by atoms with van der Waals surface area (Å²) in [7, 11) is 1.60. The first-order valence-corrected chi connectivity index (χ1v) is 16.7. The molecule has 1 amide bonds. The van der Waals surface area contributed by atoms with Crippen molar-refractivity contribution in [2.24, 2.45) is 0 Å². The maximum absolute atomic E-state index is 13.4. The van der Waals surface area contributed by atoms with E-state index < -0.39 is 12.1 Å². The maximum atomic E-state index is 13.4. The molecule has 12 heteroatoms. The molecule has 0 spiro atoms. The second kappa shape index (κ2) is 17.8. The molecular formula is C39H42F3N3O6. The van der Waals surface area contributed by atoms with Crippen molar-refractivity contribution in [1.29, 1.82) is 0 Å². The average Bonchev–Trinajstić information content (AvgIpc) is 3.60. The first-order chi connectivity index (χ1) is 24.6. The van der Waals surface area contributed by atoms with Gasteiger partial charge in [0.05, 0.1) is 0 Å². The van der Waals surface area contributed by atoms with Crippen LogP contribution >= 0.6 is 0 Å². The third-order valence-electron chi connectivity index (χ3n) is 8.77. The van der Waals surface area contributed by atoms with Crippen LogP contribution < -0.4 is 14.8 Å². The number of amides is 1. The Morgan fingerprint density at radius 1 is 0.863 bits per heavy atom. The van der Waals surface area contributed by atoms with Crippen molar-refractivity contribution in [1.82, 2.24) is 15.1 Å². The number of nitrogens with one attached hydrogen (secondary N) is 1. The van der Waals surface area contributed by atoms with E-state index in [4.69, 9.17) is 24.1 Å². The number of carboxylic acid groups (broad SMARTS) is 1. The molecule has 2 aliphatic heterocycles. The maximum Gasteiger partial charge on any atom is 0.490 e. The molecule has 1 fully saturated rings. The van der Waals surface area contributed by atoms with Crippen molar-refractivity contribution in [2.75, 3.05) is 33.6 Å². The van der Waals surface area contributed by atoms with Crippen LogP contribution in [0.1, 0.15) is 35.1 Å². The molecule has 0 saturated carbocycles. The van der Waals surface area contributed by atoms with Crippen LogP contribution in [0.3, 0.4) is 0 Å². The Morgan fingerprint density at radius 2 is 1.51 bits per heavy atom. The Hall–Kier alpha value is -4.91. The van der Waals surface area contributed by atoms with Crippen molar-refractivity contribution in [3.8, 4) is 22.6 Å². The summed E-state index contributed by atoms with van der Waals surface area (Å²) >= 11 is 0. The normalized spacial score (nSPS) is 14.4. The van der Waals surface area contributed by atoms with Crippen LogP contribution in [0.2, 0.25) is 0 Å². The van der Waals surface area contributed by atoms with Gasteiger partial charge >= 0.3 is 12.1 Å². The molecule has 2 N–H and O–H groups in total. The van der Waals surface area contributed by atoms with E-state index in [2.05, 4.69) is 100 Å². The number of benzene rings is 4. The number of fused-ring (bicyclic) bond motifs is 1. The summed E-state index contributed by atoms with van der Waals surface area (Å²) in [6.45, 7) is 5.31. The highest BCUT2D eigenvalue weighted by atomic mass is 19.4. The van der Waals surface area contributed by atoms with Gasteiger partial charge in [-0.3, -0.25) is 9.69 Å². The van der Waals surface area contributed by atoms with Crippen molar-refractivity contribution in [2.45, 2.75) is 51.2 Å². The van der Waals surface area contributed by atoms with Crippen LogP contribution in [0.15, 0.2) is 97.1 Å². The lowest BCUT2D eigenvalue weighted by Gasteiger charge is -2.39. The number of aliphatic carboxylic acids is 1. The molecule has 2 heterocycles. The van der Waals surface area contributed by atoms with Gasteiger partial charge in [0.2, 0.25) is 12.7 Å². The highest BCUT2D eigenvalue weighted by molar-refractivity contribution is 5.78. The van der Waals surface area contributed by atoms with Crippen LogP contribution in [0.25, 0.3) is 11.1 Å². The second-order valence-electron chi connectivity index (χ2n) is 12.4. The number of halogens is 3. The summed E-state index contributed by atoms with van der Waals surface area (Å²) in [5.41, 5.74) is 7.15. The predicted molar refractivity (Wildman–Crippen MR) is 186 cm³/mol. The number of ether oxygens (including phenoxy) is 3. The zero-order valence-electron chi connectivity index (χ0n) is 28.4. The molecule has 4 aromatic carbocycles. The molecule has 2 aliphatic rings. The Balaban J connectivity index is 0.000000654. The summed E-state index contributed by atoms with van der Waals surface area (Å²) in [5.74, 6) is -1.10. The largest absolute Gasteiger partial charge is 0.490 e. The van der Waals surface area contributed by atoms with E-state index in [1.807, 2.05) is 12.1 Å². The molecule has 0 radical (unpaired) electrons. The summed E-state index contributed by atoms with van der Waals surface area (Å²) in [4.78, 5) is 26.8. The SMILES string of the molecule is COCC(=O)N(Cc1ccccc1-c1cccc(CNCc2ccc3c(c2)OCO3)c1)C1CCN(Cc2ccccc2)CC1.O=C(O)C(F)(F)F. The van der Waals surface area contributed by atoms with Crippen LogP contribution in [-0.4, -0.2) is 72.6 Å². The average molecular weight is 706 g/mol. The van der Waals surface area contributed by atoms with Crippen molar-refractivity contribution < 1.29 is 42.1 Å². The fourth-order valence-corrected chi connectivity index (χ4v) is 6.23. The molecule has 0 unspecified atom stereocenters. The lowest BCUT2D eigenvalue weighted by Crippen LogP contribution is -2.47. The van der Waals surface area contributed by atoms with Gasteiger partial charge in [-0.1, -0.05) is 78.9 Å². The Morgan fingerprint density at radius 3 is 2.22 bits per heavy atom. The van der Waals surface area contributed by atoms with E-state index in [0.29, 0.717) is 6.54 Å². The molecule has 0 aromatic heterocycles. The minimum Gasteiger partial charge on any atom is -0.475 e. The van der Waals surface area contributed by atoms with Gasteiger partial charge in [0, 0.05) is 52.4 Å². The predicted octanol–water partition coefficient (Wildman–Crippen LogP) is 6.65. The third-order valence-corrected chi connectivity index (χ3v) is 8.77. The van der Waals surface area contributed by atoms with E-state index in [0.717, 1.165) is 79.3 Å². The van der Waals surface area contributed by atoms with Gasteiger partial charge in [-0.05, 0) is 64.4 Å². The van der Waals surface area contributed by atoms with Crippen molar-refractivity contribution >= 4 is 11.9 Å². The van der Waals surface area contributed by atoms with E-state index >= 15 is 0 Å². The first-order valence-electron chi connectivity index (χ1n) is 16.7. The minimum atomic E-state index is -5.08. The summed E-state index contributed by atoms with van der Waals surface area (Å²) < 4.78 is 48.0. The fraction of sp³-hybridized carbons (Fsp3) is 0.333. The molecule has 4 aromatic rings. The molecule has 51 heavy (non-hydrogen) atoms. The number of carbonyl (C=O) groups excluding carboxylic acids is 1. The standard InChI is InChI=1S/C37H41N3O4.C2HF3O2/c1-42-26-37(41)40(33-16-18-39(19-17-33)24-28-8-3-2-4-9-28)25-32-11-5-6-13-34(32)31-12-7-10-29(20-31)22-38-23-30-14-15-35-36(21-30)44-27-43-35;3-2(4,5)1(6)7/h2-15,20-21,33,38H,16-19,22-27H2,1H3;(H,6,7). The van der Waals surface area contributed by atoms with Gasteiger partial charge in [-0.15, -0.1) is 0 Å². The van der Waals surface area contributed by atoms with Crippen molar-refractivity contribution in [3.63, 3.8) is 0 Å². The number of alkyl halides is 3. The highest BCUT2D eigenvalue weighted by Gasteiger charge is 2.38. The van der Waals surface area contributed by atoms with Gasteiger partial charge in [-0.25, -0.2) is 4.79 Å². The zero-order valence-corrected chi connectivity index (χ0v) is 28.4. The van der Waals surface area contributed by atoms with Gasteiger partial charge in [0.25, 0.3) is 0 Å². The van der Waals surface area contributed by atoms with E-state index in [1.54, 1.807) is 7.11 Å². The number of likely N-dealkylation sites (tertiary alicyclic amines) is 1. The van der Waals surface area contributed by atoms with Gasteiger partial charge in [0.15, 0.2) is 11.5 Å². The number of methoxy groups -OCH3 is 1. The minimum absolute atomic E-state index is 0.0466. The van der Waals surface area contributed by atoms with Crippen LogP contribution in [-0.2, 0) is 40.5 Å². The van der Waals surface area contributed by atoms with E-state index in [1.165, 1.54) is 11.1 Å². The molecular weight excluding hydrogens is 663 g/mol. The first kappa shape index (κ1) is 37.3. The van der Waals surface area contributed by atoms with E-state index in [9.17, 15) is 18.0 Å². The molecule has 6 rings (SSSR count). The zero-order chi connectivity index (χ0) is 36.2. The summed E-state index contributed by atoms with van der Waals surface area (Å²) in [6.07, 6.45) is -3.18. The monoisotopic (exact) mass is 705 g/mol. The smallest absolute Gasteiger partial charge is 0.475 e. The second-order valence-corrected chi connectivity index (χ2v) is 12.4. The van der Waals surface area contributed by atoms with Crippen LogP contribution in [0.5, 0.6) is 11.5 Å². The van der Waals surface area contributed by atoms with Gasteiger partial charge < -0.3 is 29.5 Å². The number of nitrogens with zero attached hydrogens (tertiary/aromatic N) is 2. The van der Waals surface area contributed by atoms with Crippen LogP contribution in [0.4, 0.5) is 13.2 Å². The lowest BCUT2D eigenvalue weighted by molar-refractivity contribution is -0.192. The molecule has 0 aliphatic carbocycles. The number of hydrogen-bond donors (Lipinski definition) is 2. The number of piperidine rings is 1. The third kappa shape index (κ3) is 10.8. The number of rotatable bonds is 12. The number of hydrogen-bond acceptors (Lipinski definition) is 7. The Bertz CT molecular complexity index is 1750. The van der Waals surface area contributed by atoms with Gasteiger partial charge in [0.1, 0.15) is 6.61 Å². The lowest BCUT2D eigenvalue weighted by atomic mass is 9.96. The summed E-state index contributed by atoms with van der Waals surface area (Å²) in [6, 6.07) is 34.0.